The van der Waals surface area contributed by atoms with Gasteiger partial charge in [0.1, 0.15) is 18.1 Å². The van der Waals surface area contributed by atoms with Crippen LogP contribution < -0.4 is 4.57 Å². The van der Waals surface area contributed by atoms with Crippen LogP contribution in [-0.2, 0) is 17.2 Å². The van der Waals surface area contributed by atoms with Gasteiger partial charge in [-0.2, -0.15) is 17.7 Å². The van der Waals surface area contributed by atoms with Crippen LogP contribution in [0.4, 0.5) is 13.2 Å². The first-order valence-corrected chi connectivity index (χ1v) is 7.68. The molecular formula is C14H11F3N2O3S. The predicted molar refractivity (Wildman–Crippen MR) is 76.2 cm³/mol. The van der Waals surface area contributed by atoms with Gasteiger partial charge in [0.15, 0.2) is 10.1 Å². The Hall–Kier alpha value is -2.26. The van der Waals surface area contributed by atoms with Crippen LogP contribution in [-0.4, -0.2) is 23.5 Å². The molecule has 3 rings (SSSR count). The Bertz CT molecular complexity index is 902. The number of benzene rings is 2. The number of hydrogen-bond acceptors (Lipinski definition) is 4. The highest BCUT2D eigenvalue weighted by molar-refractivity contribution is 7.86. The molecule has 0 amide bonds. The Morgan fingerprint density at radius 1 is 0.957 bits per heavy atom. The molecular weight excluding hydrogens is 333 g/mol. The lowest BCUT2D eigenvalue weighted by molar-refractivity contribution is -0.617. The van der Waals surface area contributed by atoms with E-state index in [9.17, 15) is 13.2 Å². The third-order valence-electron chi connectivity index (χ3n) is 3.01. The van der Waals surface area contributed by atoms with Crippen molar-refractivity contribution in [3.05, 3.63) is 48.5 Å². The number of para-hydroxylation sites is 4. The first kappa shape index (κ1) is 17.1. The van der Waals surface area contributed by atoms with E-state index < -0.39 is 15.6 Å². The molecule has 0 saturated heterocycles. The standard InChI is InChI=1S/C13H11N2.CHF3O3S/c1-15-12-8-4-2-6-10(12)14-11-7-3-5-9-13(11)15;2-1(3,4)8(5,6)7/h2-9H,1H3;(H,5,6,7)/q+1;/p-1. The summed E-state index contributed by atoms with van der Waals surface area (Å²) in [5.41, 5.74) is -1.24. The van der Waals surface area contributed by atoms with Gasteiger partial charge >= 0.3 is 5.51 Å². The van der Waals surface area contributed by atoms with Crippen molar-refractivity contribution in [2.24, 2.45) is 7.05 Å². The fraction of sp³-hybridized carbons (Fsp3) is 0.143. The van der Waals surface area contributed by atoms with Crippen molar-refractivity contribution in [1.29, 1.82) is 0 Å². The largest absolute Gasteiger partial charge is 0.741 e. The maximum Gasteiger partial charge on any atom is 0.485 e. The fourth-order valence-electron chi connectivity index (χ4n) is 1.94. The minimum atomic E-state index is -6.09. The van der Waals surface area contributed by atoms with Crippen LogP contribution in [0.5, 0.6) is 0 Å². The molecule has 9 heteroatoms. The van der Waals surface area contributed by atoms with Gasteiger partial charge in [-0.3, -0.25) is 0 Å². The van der Waals surface area contributed by atoms with Gasteiger partial charge in [-0.15, -0.1) is 0 Å². The van der Waals surface area contributed by atoms with Crippen molar-refractivity contribution < 1.29 is 30.7 Å². The Labute approximate surface area is 129 Å². The second-order valence-corrected chi connectivity index (χ2v) is 5.92. The van der Waals surface area contributed by atoms with Crippen LogP contribution in [0.25, 0.3) is 22.1 Å². The third kappa shape index (κ3) is 3.74. The molecule has 0 aliphatic heterocycles. The van der Waals surface area contributed by atoms with Gasteiger partial charge in [0.25, 0.3) is 0 Å². The molecule has 0 aliphatic rings. The van der Waals surface area contributed by atoms with Crippen LogP contribution in [0.2, 0.25) is 0 Å². The molecule has 23 heavy (non-hydrogen) atoms. The summed E-state index contributed by atoms with van der Waals surface area (Å²) in [6.45, 7) is 0. The van der Waals surface area contributed by atoms with E-state index in [1.54, 1.807) is 0 Å². The summed E-state index contributed by atoms with van der Waals surface area (Å²) < 4.78 is 61.1. The lowest BCUT2D eigenvalue weighted by Crippen LogP contribution is -2.30. The second-order valence-electron chi connectivity index (χ2n) is 4.55. The Balaban J connectivity index is 0.000000207. The minimum Gasteiger partial charge on any atom is -0.741 e. The number of rotatable bonds is 0. The average molecular weight is 344 g/mol. The molecule has 0 atom stereocenters. The van der Waals surface area contributed by atoms with Gasteiger partial charge in [0.2, 0.25) is 11.0 Å². The summed E-state index contributed by atoms with van der Waals surface area (Å²) in [6, 6.07) is 16.4. The molecule has 0 unspecified atom stereocenters. The number of aryl methyl sites for hydroxylation is 1. The van der Waals surface area contributed by atoms with Gasteiger partial charge in [0, 0.05) is 12.1 Å². The number of alkyl halides is 3. The Morgan fingerprint density at radius 2 is 1.30 bits per heavy atom. The molecule has 0 radical (unpaired) electrons. The van der Waals surface area contributed by atoms with E-state index in [-0.39, 0.29) is 0 Å². The van der Waals surface area contributed by atoms with Gasteiger partial charge in [-0.1, -0.05) is 24.3 Å². The smallest absolute Gasteiger partial charge is 0.485 e. The Morgan fingerprint density at radius 3 is 1.65 bits per heavy atom. The highest BCUT2D eigenvalue weighted by Gasteiger charge is 2.36. The summed E-state index contributed by atoms with van der Waals surface area (Å²) in [4.78, 5) is 4.62. The molecule has 3 aromatic rings. The molecule has 0 fully saturated rings. The summed E-state index contributed by atoms with van der Waals surface area (Å²) in [5, 5.41) is 0. The van der Waals surface area contributed by atoms with Gasteiger partial charge in [0.05, 0.1) is 0 Å². The van der Waals surface area contributed by atoms with Crippen molar-refractivity contribution in [3.8, 4) is 0 Å². The zero-order chi connectivity index (χ0) is 17.3. The van der Waals surface area contributed by atoms with Gasteiger partial charge < -0.3 is 4.55 Å². The normalized spacial score (nSPS) is 12.0. The number of nitrogens with zero attached hydrogens (tertiary/aromatic N) is 2. The van der Waals surface area contributed by atoms with Crippen molar-refractivity contribution >= 4 is 32.2 Å². The van der Waals surface area contributed by atoms with Crippen LogP contribution in [0.15, 0.2) is 48.5 Å². The lowest BCUT2D eigenvalue weighted by Gasteiger charge is -2.08. The summed E-state index contributed by atoms with van der Waals surface area (Å²) >= 11 is 0. The third-order valence-corrected chi connectivity index (χ3v) is 3.58. The molecule has 122 valence electrons. The van der Waals surface area contributed by atoms with Crippen LogP contribution >= 0.6 is 0 Å². The Kier molecular flexibility index (Phi) is 4.53. The SMILES string of the molecule is C[n+]1c2ccccc2nc2ccccc21.O=S(=O)([O-])C(F)(F)F. The van der Waals surface area contributed by atoms with Crippen molar-refractivity contribution in [2.75, 3.05) is 0 Å². The van der Waals surface area contributed by atoms with Gasteiger partial charge in [-0.05, 0) is 12.1 Å². The molecule has 1 heterocycles. The fourth-order valence-corrected chi connectivity index (χ4v) is 1.94. The predicted octanol–water partition coefficient (Wildman–Crippen LogP) is 2.26. The molecule has 0 bridgehead atoms. The second kappa shape index (κ2) is 6.09. The maximum absolute atomic E-state index is 10.7. The first-order chi connectivity index (χ1) is 10.6. The summed E-state index contributed by atoms with van der Waals surface area (Å²) in [6.07, 6.45) is 0. The van der Waals surface area contributed by atoms with E-state index in [1.807, 2.05) is 36.4 Å². The topological polar surface area (TPSA) is 74.0 Å². The van der Waals surface area contributed by atoms with Gasteiger partial charge in [-0.25, -0.2) is 13.4 Å². The van der Waals surface area contributed by atoms with E-state index in [0.717, 1.165) is 22.1 Å². The number of fused-ring (bicyclic) bond motifs is 2. The maximum atomic E-state index is 10.7. The van der Waals surface area contributed by atoms with E-state index in [4.69, 9.17) is 13.0 Å². The quantitative estimate of drug-likeness (QED) is 0.271. The zero-order valence-electron chi connectivity index (χ0n) is 11.8. The monoisotopic (exact) mass is 344 g/mol. The van der Waals surface area contributed by atoms with E-state index in [0.29, 0.717) is 0 Å². The van der Waals surface area contributed by atoms with Crippen LogP contribution in [0.1, 0.15) is 0 Å². The molecule has 0 aliphatic carbocycles. The molecule has 2 aromatic carbocycles. The van der Waals surface area contributed by atoms with E-state index >= 15 is 0 Å². The zero-order valence-corrected chi connectivity index (χ0v) is 12.6. The van der Waals surface area contributed by atoms with Crippen molar-refractivity contribution in [3.63, 3.8) is 0 Å². The molecule has 0 spiro atoms. The number of hydrogen-bond donors (Lipinski definition) is 0. The molecule has 0 saturated carbocycles. The summed E-state index contributed by atoms with van der Waals surface area (Å²) in [7, 11) is -4.01. The average Bonchev–Trinajstić information content (AvgIpc) is 2.46. The molecule has 5 nitrogen and oxygen atoms in total. The lowest BCUT2D eigenvalue weighted by atomic mass is 10.2. The minimum absolute atomic E-state index is 1.04. The number of halogens is 3. The van der Waals surface area contributed by atoms with Crippen LogP contribution in [0, 0.1) is 0 Å². The van der Waals surface area contributed by atoms with E-state index in [2.05, 4.69) is 28.7 Å². The van der Waals surface area contributed by atoms with Crippen molar-refractivity contribution in [2.45, 2.75) is 5.51 Å². The molecule has 1 aromatic heterocycles. The number of aromatic nitrogens is 2. The van der Waals surface area contributed by atoms with E-state index in [1.165, 1.54) is 0 Å². The highest BCUT2D eigenvalue weighted by atomic mass is 32.2. The van der Waals surface area contributed by atoms with Crippen LogP contribution in [0.3, 0.4) is 0 Å². The summed E-state index contributed by atoms with van der Waals surface area (Å²) in [5.74, 6) is 0. The molecule has 0 N–H and O–H groups in total. The highest BCUT2D eigenvalue weighted by Crippen LogP contribution is 2.20. The first-order valence-electron chi connectivity index (χ1n) is 6.27. The van der Waals surface area contributed by atoms with Crippen molar-refractivity contribution in [1.82, 2.24) is 4.98 Å².